The van der Waals surface area contributed by atoms with Gasteiger partial charge in [-0.1, -0.05) is 25.5 Å². The van der Waals surface area contributed by atoms with Gasteiger partial charge >= 0.3 is 5.97 Å². The molecule has 0 bridgehead atoms. The maximum atomic E-state index is 14.3. The Morgan fingerprint density at radius 2 is 1.98 bits per heavy atom. The lowest BCUT2D eigenvalue weighted by molar-refractivity contribution is -0.884. The highest BCUT2D eigenvalue weighted by molar-refractivity contribution is 5.95. The van der Waals surface area contributed by atoms with Crippen molar-refractivity contribution in [3.8, 4) is 17.2 Å². The van der Waals surface area contributed by atoms with E-state index in [0.717, 1.165) is 46.4 Å². The number of aromatic nitrogens is 2. The van der Waals surface area contributed by atoms with Crippen LogP contribution in [0.1, 0.15) is 48.9 Å². The van der Waals surface area contributed by atoms with Gasteiger partial charge in [0.25, 0.3) is 0 Å². The number of methoxy groups -OCH3 is 1. The summed E-state index contributed by atoms with van der Waals surface area (Å²) in [5, 5.41) is 10.7. The predicted octanol–water partition coefficient (Wildman–Crippen LogP) is 4.35. The molecule has 0 aliphatic carbocycles. The van der Waals surface area contributed by atoms with Gasteiger partial charge in [-0.25, -0.2) is 9.97 Å². The van der Waals surface area contributed by atoms with Gasteiger partial charge in [0.1, 0.15) is 12.9 Å². The summed E-state index contributed by atoms with van der Waals surface area (Å²) < 4.78 is 17.6. The minimum Gasteiger partial charge on any atom is -0.493 e. The minimum absolute atomic E-state index is 0.0454. The second kappa shape index (κ2) is 14.5. The van der Waals surface area contributed by atoms with Gasteiger partial charge in [0.15, 0.2) is 11.5 Å². The molecular weight excluding hydrogens is 586 g/mol. The second-order valence-corrected chi connectivity index (χ2v) is 13.2. The molecule has 11 heteroatoms. The third-order valence-corrected chi connectivity index (χ3v) is 8.74. The molecule has 1 fully saturated rings. The fourth-order valence-electron chi connectivity index (χ4n) is 6.66. The molecule has 0 unspecified atom stereocenters. The van der Waals surface area contributed by atoms with Gasteiger partial charge < -0.3 is 28.7 Å². The number of quaternary nitrogens is 1. The molecule has 1 aromatic heterocycles. The standard InChI is InChI=1S/C35H45N5O6/c1-6-7-15-39(27-10-8-9-24(16-27)21-40(2,3)4)32(41)20-38-19-28(25-17-30(44-5)34-31(18-25)45-23-46-34)33(35(42)43)29(38)12-11-26-13-14-36-22-37-26/h8-10,13-14,16-18,22,28-29,33H,6-7,11-12,15,19-21,23H2,1-5H3/p+1/t28-,29+,33-/m1/s1. The first-order chi connectivity index (χ1) is 22.1. The number of benzene rings is 2. The predicted molar refractivity (Wildman–Crippen MR) is 174 cm³/mol. The van der Waals surface area contributed by atoms with Gasteiger partial charge in [0.2, 0.25) is 18.4 Å². The van der Waals surface area contributed by atoms with Crippen molar-refractivity contribution >= 4 is 17.6 Å². The number of carbonyl (C=O) groups is 2. The summed E-state index contributed by atoms with van der Waals surface area (Å²) in [5.41, 5.74) is 3.64. The number of aryl methyl sites for hydroxylation is 1. The largest absolute Gasteiger partial charge is 0.493 e. The molecule has 246 valence electrons. The number of anilines is 1. The van der Waals surface area contributed by atoms with Crippen LogP contribution in [-0.2, 0) is 22.6 Å². The third-order valence-electron chi connectivity index (χ3n) is 8.74. The normalized spacial score (nSPS) is 19.3. The Bertz CT molecular complexity index is 1510. The van der Waals surface area contributed by atoms with Crippen LogP contribution in [0.3, 0.4) is 0 Å². The molecule has 3 heterocycles. The fraction of sp³-hybridized carbons (Fsp3) is 0.486. The summed E-state index contributed by atoms with van der Waals surface area (Å²) in [6.45, 7) is 4.10. The van der Waals surface area contributed by atoms with Crippen LogP contribution >= 0.6 is 0 Å². The molecule has 1 N–H and O–H groups in total. The zero-order chi connectivity index (χ0) is 32.8. The van der Waals surface area contributed by atoms with Crippen LogP contribution in [0.4, 0.5) is 5.69 Å². The first-order valence-electron chi connectivity index (χ1n) is 16.0. The molecule has 2 aromatic carbocycles. The molecule has 0 spiro atoms. The Hall–Kier alpha value is -4.22. The molecule has 2 aliphatic heterocycles. The van der Waals surface area contributed by atoms with E-state index in [1.165, 1.54) is 6.33 Å². The topological polar surface area (TPSA) is 114 Å². The molecule has 3 atom stereocenters. The monoisotopic (exact) mass is 632 g/mol. The van der Waals surface area contributed by atoms with Crippen molar-refractivity contribution in [3.63, 3.8) is 0 Å². The number of fused-ring (bicyclic) bond motifs is 1. The first kappa shape index (κ1) is 33.2. The first-order valence-corrected chi connectivity index (χ1v) is 16.0. The Morgan fingerprint density at radius 1 is 1.15 bits per heavy atom. The van der Waals surface area contributed by atoms with Gasteiger partial charge in [0.05, 0.1) is 40.7 Å². The number of nitrogens with zero attached hydrogens (tertiary/aromatic N) is 5. The maximum absolute atomic E-state index is 14.3. The molecule has 2 aliphatic rings. The number of rotatable bonds is 14. The SMILES string of the molecule is CCCCN(C(=O)CN1C[C@H](c2cc(OC)c3c(c2)OCO3)[C@@H](C(=O)O)[C@@H]1CCc1ccncn1)c1cccc(C[N+](C)(C)C)c1. The van der Waals surface area contributed by atoms with E-state index >= 15 is 0 Å². The van der Waals surface area contributed by atoms with E-state index < -0.39 is 23.8 Å². The number of unbranched alkanes of at least 4 members (excludes halogenated alkanes) is 1. The molecule has 11 nitrogen and oxygen atoms in total. The number of hydrogen-bond donors (Lipinski definition) is 1. The molecule has 1 amide bonds. The Morgan fingerprint density at radius 3 is 2.67 bits per heavy atom. The summed E-state index contributed by atoms with van der Waals surface area (Å²) in [6.07, 6.45) is 6.08. The maximum Gasteiger partial charge on any atom is 0.308 e. The molecule has 0 radical (unpaired) electrons. The molecule has 1 saturated heterocycles. The number of aliphatic carboxylic acids is 1. The number of likely N-dealkylation sites (tertiary alicyclic amines) is 1. The van der Waals surface area contributed by atoms with E-state index in [-0.39, 0.29) is 19.2 Å². The van der Waals surface area contributed by atoms with Gasteiger partial charge in [0, 0.05) is 48.2 Å². The number of carboxylic acid groups (broad SMARTS) is 1. The molecule has 46 heavy (non-hydrogen) atoms. The average molecular weight is 633 g/mol. The van der Waals surface area contributed by atoms with Crippen molar-refractivity contribution in [2.24, 2.45) is 5.92 Å². The lowest BCUT2D eigenvalue weighted by atomic mass is 9.83. The molecular formula is C35H46N5O6+. The lowest BCUT2D eigenvalue weighted by Gasteiger charge is -2.30. The minimum atomic E-state index is -0.903. The summed E-state index contributed by atoms with van der Waals surface area (Å²) in [7, 11) is 7.99. The van der Waals surface area contributed by atoms with E-state index in [9.17, 15) is 14.7 Å². The molecule has 5 rings (SSSR count). The van der Waals surface area contributed by atoms with Crippen molar-refractivity contribution < 1.29 is 33.4 Å². The summed E-state index contributed by atoms with van der Waals surface area (Å²) >= 11 is 0. The van der Waals surface area contributed by atoms with Gasteiger partial charge in [-0.15, -0.1) is 0 Å². The van der Waals surface area contributed by atoms with Crippen LogP contribution in [0.25, 0.3) is 0 Å². The lowest BCUT2D eigenvalue weighted by Crippen LogP contribution is -2.44. The van der Waals surface area contributed by atoms with Crippen molar-refractivity contribution in [3.05, 3.63) is 71.8 Å². The average Bonchev–Trinajstić information content (AvgIpc) is 3.64. The molecule has 3 aromatic rings. The van der Waals surface area contributed by atoms with Gasteiger partial charge in [-0.2, -0.15) is 0 Å². The van der Waals surface area contributed by atoms with E-state index in [1.807, 2.05) is 35.2 Å². The number of ether oxygens (including phenoxy) is 3. The number of carboxylic acids is 1. The number of amides is 1. The van der Waals surface area contributed by atoms with Crippen molar-refractivity contribution in [2.75, 3.05) is 59.6 Å². The van der Waals surface area contributed by atoms with E-state index in [2.05, 4.69) is 55.1 Å². The van der Waals surface area contributed by atoms with Crippen molar-refractivity contribution in [1.82, 2.24) is 14.9 Å². The van der Waals surface area contributed by atoms with Crippen molar-refractivity contribution in [1.29, 1.82) is 0 Å². The van der Waals surface area contributed by atoms with Gasteiger partial charge in [-0.3, -0.25) is 14.5 Å². The van der Waals surface area contributed by atoms with Crippen molar-refractivity contribution in [2.45, 2.75) is 51.1 Å². The quantitative estimate of drug-likeness (QED) is 0.259. The van der Waals surface area contributed by atoms with Crippen LogP contribution in [0.15, 0.2) is 55.0 Å². The highest BCUT2D eigenvalue weighted by Gasteiger charge is 2.47. The summed E-state index contributed by atoms with van der Waals surface area (Å²) in [4.78, 5) is 39.6. The molecule has 0 saturated carbocycles. The smallest absolute Gasteiger partial charge is 0.308 e. The summed E-state index contributed by atoms with van der Waals surface area (Å²) in [5.74, 6) is -0.568. The van der Waals surface area contributed by atoms with E-state index in [0.29, 0.717) is 43.2 Å². The third kappa shape index (κ3) is 7.76. The number of hydrogen-bond acceptors (Lipinski definition) is 8. The van der Waals surface area contributed by atoms with E-state index in [1.54, 1.807) is 13.3 Å². The Kier molecular flexibility index (Phi) is 10.4. The second-order valence-electron chi connectivity index (χ2n) is 13.2. The fourth-order valence-corrected chi connectivity index (χ4v) is 6.66. The van der Waals surface area contributed by atoms with Crippen LogP contribution in [0, 0.1) is 5.92 Å². The van der Waals surface area contributed by atoms with Crippen LogP contribution in [-0.4, -0.2) is 97.1 Å². The Balaban J connectivity index is 1.47. The van der Waals surface area contributed by atoms with Crippen LogP contribution in [0.2, 0.25) is 0 Å². The van der Waals surface area contributed by atoms with E-state index in [4.69, 9.17) is 14.2 Å². The van der Waals surface area contributed by atoms with Crippen LogP contribution in [0.5, 0.6) is 17.2 Å². The number of carbonyl (C=O) groups excluding carboxylic acids is 1. The van der Waals surface area contributed by atoms with Gasteiger partial charge in [-0.05, 0) is 55.2 Å². The van der Waals surface area contributed by atoms with Crippen LogP contribution < -0.4 is 19.1 Å². The highest BCUT2D eigenvalue weighted by atomic mass is 16.7. The summed E-state index contributed by atoms with van der Waals surface area (Å²) in [6, 6.07) is 13.3. The zero-order valence-corrected chi connectivity index (χ0v) is 27.5. The highest BCUT2D eigenvalue weighted by Crippen LogP contribution is 2.47. The zero-order valence-electron chi connectivity index (χ0n) is 27.5. The Labute approximate surface area is 271 Å².